The summed E-state index contributed by atoms with van der Waals surface area (Å²) in [5.74, 6) is 1.44. The molecule has 19 heavy (non-hydrogen) atoms. The number of rotatable bonds is 5. The molecule has 2 amide bonds. The van der Waals surface area contributed by atoms with Crippen molar-refractivity contribution >= 4 is 6.03 Å². The van der Waals surface area contributed by atoms with Crippen molar-refractivity contribution in [2.75, 3.05) is 20.1 Å². The molecule has 0 bridgehead atoms. The molecule has 0 aromatic heterocycles. The summed E-state index contributed by atoms with van der Waals surface area (Å²) in [7, 11) is 2.01. The molecule has 110 valence electrons. The predicted octanol–water partition coefficient (Wildman–Crippen LogP) is 2.34. The van der Waals surface area contributed by atoms with E-state index in [4.69, 9.17) is 5.73 Å². The first-order valence-electron chi connectivity index (χ1n) is 7.93. The number of piperidine rings is 1. The number of nitrogens with one attached hydrogen (secondary N) is 1. The van der Waals surface area contributed by atoms with Crippen LogP contribution in [0.1, 0.15) is 51.4 Å². The Kier molecular flexibility index (Phi) is 5.49. The Bertz CT molecular complexity index is 289. The highest BCUT2D eigenvalue weighted by Crippen LogP contribution is 2.34. The fourth-order valence-electron chi connectivity index (χ4n) is 4.03. The van der Waals surface area contributed by atoms with Gasteiger partial charge in [-0.3, -0.25) is 0 Å². The predicted molar refractivity (Wildman–Crippen MR) is 77.9 cm³/mol. The van der Waals surface area contributed by atoms with E-state index in [2.05, 4.69) is 5.32 Å². The second kappa shape index (κ2) is 7.13. The summed E-state index contributed by atoms with van der Waals surface area (Å²) in [4.78, 5) is 13.6. The van der Waals surface area contributed by atoms with Crippen LogP contribution in [0, 0.1) is 11.8 Å². The summed E-state index contributed by atoms with van der Waals surface area (Å²) in [6, 6.07) is 0.136. The summed E-state index contributed by atoms with van der Waals surface area (Å²) in [5.41, 5.74) is 5.57. The highest BCUT2D eigenvalue weighted by atomic mass is 16.2. The van der Waals surface area contributed by atoms with Crippen molar-refractivity contribution in [2.24, 2.45) is 17.6 Å². The number of hydrogen-bond donors (Lipinski definition) is 2. The van der Waals surface area contributed by atoms with Crippen LogP contribution in [0.5, 0.6) is 0 Å². The third-order valence-electron chi connectivity index (χ3n) is 4.95. The number of amides is 2. The minimum Gasteiger partial charge on any atom is -0.351 e. The zero-order chi connectivity index (χ0) is 13.7. The fourth-order valence-corrected chi connectivity index (χ4v) is 4.03. The number of carbonyl (C=O) groups is 1. The van der Waals surface area contributed by atoms with E-state index < -0.39 is 0 Å². The van der Waals surface area contributed by atoms with Crippen molar-refractivity contribution in [3.63, 3.8) is 0 Å². The van der Waals surface area contributed by atoms with Crippen LogP contribution in [0.25, 0.3) is 0 Å². The molecule has 0 radical (unpaired) electrons. The van der Waals surface area contributed by atoms with Gasteiger partial charge >= 0.3 is 6.03 Å². The first kappa shape index (κ1) is 14.6. The molecule has 4 nitrogen and oxygen atoms in total. The van der Waals surface area contributed by atoms with Crippen LogP contribution in [0.3, 0.4) is 0 Å². The number of likely N-dealkylation sites (tertiary alicyclic amines) is 1. The standard InChI is InChI=1S/C15H29N3O/c1-17-11-13(10-12-6-2-3-7-12)14-8-4-5-9-18(14)15(16)19/h12-14,17H,2-11H2,1H3,(H2,16,19). The topological polar surface area (TPSA) is 58.4 Å². The molecule has 3 N–H and O–H groups in total. The first-order chi connectivity index (χ1) is 9.22. The van der Waals surface area contributed by atoms with E-state index in [0.29, 0.717) is 12.0 Å². The number of primary amides is 1. The van der Waals surface area contributed by atoms with E-state index >= 15 is 0 Å². The summed E-state index contributed by atoms with van der Waals surface area (Å²) >= 11 is 0. The maximum absolute atomic E-state index is 11.6. The molecular formula is C15H29N3O. The van der Waals surface area contributed by atoms with Gasteiger partial charge in [0.25, 0.3) is 0 Å². The SMILES string of the molecule is CNCC(CC1CCCC1)C1CCCCN1C(N)=O. The van der Waals surface area contributed by atoms with Gasteiger partial charge in [0, 0.05) is 12.6 Å². The molecule has 0 aromatic carbocycles. The molecule has 2 fully saturated rings. The van der Waals surface area contributed by atoms with E-state index in [0.717, 1.165) is 31.8 Å². The van der Waals surface area contributed by atoms with Crippen LogP contribution in [-0.4, -0.2) is 37.1 Å². The summed E-state index contributed by atoms with van der Waals surface area (Å²) in [6.07, 6.45) is 10.3. The Balaban J connectivity index is 1.99. The minimum absolute atomic E-state index is 0.225. The molecule has 2 aliphatic rings. The van der Waals surface area contributed by atoms with Gasteiger partial charge < -0.3 is 16.0 Å². The Labute approximate surface area is 117 Å². The van der Waals surface area contributed by atoms with Gasteiger partial charge in [0.1, 0.15) is 0 Å². The Morgan fingerprint density at radius 1 is 1.26 bits per heavy atom. The lowest BCUT2D eigenvalue weighted by molar-refractivity contribution is 0.113. The quantitative estimate of drug-likeness (QED) is 0.803. The maximum atomic E-state index is 11.6. The molecule has 2 unspecified atom stereocenters. The zero-order valence-corrected chi connectivity index (χ0v) is 12.2. The van der Waals surface area contributed by atoms with Crippen molar-refractivity contribution in [3.8, 4) is 0 Å². The van der Waals surface area contributed by atoms with E-state index in [-0.39, 0.29) is 6.03 Å². The van der Waals surface area contributed by atoms with Gasteiger partial charge in [-0.25, -0.2) is 4.79 Å². The summed E-state index contributed by atoms with van der Waals surface area (Å²) in [6.45, 7) is 1.86. The average molecular weight is 267 g/mol. The molecule has 1 aliphatic carbocycles. The van der Waals surface area contributed by atoms with E-state index in [1.807, 2.05) is 11.9 Å². The molecule has 1 saturated heterocycles. The molecular weight excluding hydrogens is 238 g/mol. The van der Waals surface area contributed by atoms with Crippen LogP contribution in [0.15, 0.2) is 0 Å². The molecule has 2 atom stereocenters. The van der Waals surface area contributed by atoms with E-state index in [1.165, 1.54) is 38.5 Å². The third-order valence-corrected chi connectivity index (χ3v) is 4.95. The van der Waals surface area contributed by atoms with Gasteiger partial charge in [-0.05, 0) is 51.1 Å². The van der Waals surface area contributed by atoms with Crippen LogP contribution < -0.4 is 11.1 Å². The summed E-state index contributed by atoms with van der Waals surface area (Å²) in [5, 5.41) is 3.32. The lowest BCUT2D eigenvalue weighted by atomic mass is 9.83. The molecule has 0 aromatic rings. The molecule has 1 heterocycles. The van der Waals surface area contributed by atoms with Gasteiger partial charge in [-0.15, -0.1) is 0 Å². The zero-order valence-electron chi connectivity index (χ0n) is 12.2. The normalized spacial score (nSPS) is 26.6. The Morgan fingerprint density at radius 2 is 1.95 bits per heavy atom. The van der Waals surface area contributed by atoms with Crippen LogP contribution in [0.4, 0.5) is 4.79 Å². The van der Waals surface area contributed by atoms with Crippen LogP contribution in [-0.2, 0) is 0 Å². The monoisotopic (exact) mass is 267 g/mol. The van der Waals surface area contributed by atoms with Crippen molar-refractivity contribution in [1.82, 2.24) is 10.2 Å². The lowest BCUT2D eigenvalue weighted by Crippen LogP contribution is -2.51. The van der Waals surface area contributed by atoms with Crippen molar-refractivity contribution in [1.29, 1.82) is 0 Å². The second-order valence-electron chi connectivity index (χ2n) is 6.30. The number of urea groups is 1. The number of carbonyl (C=O) groups excluding carboxylic acids is 1. The summed E-state index contributed by atoms with van der Waals surface area (Å²) < 4.78 is 0. The van der Waals surface area contributed by atoms with Gasteiger partial charge in [-0.1, -0.05) is 25.7 Å². The van der Waals surface area contributed by atoms with Crippen molar-refractivity contribution in [3.05, 3.63) is 0 Å². The van der Waals surface area contributed by atoms with E-state index in [9.17, 15) is 4.79 Å². The van der Waals surface area contributed by atoms with Crippen molar-refractivity contribution < 1.29 is 4.79 Å². The minimum atomic E-state index is -0.225. The number of nitrogens with two attached hydrogens (primary N) is 1. The van der Waals surface area contributed by atoms with E-state index in [1.54, 1.807) is 0 Å². The maximum Gasteiger partial charge on any atom is 0.315 e. The van der Waals surface area contributed by atoms with Gasteiger partial charge in [0.05, 0.1) is 0 Å². The average Bonchev–Trinajstić information content (AvgIpc) is 2.91. The van der Waals surface area contributed by atoms with Gasteiger partial charge in [-0.2, -0.15) is 0 Å². The number of nitrogens with zero attached hydrogens (tertiary/aromatic N) is 1. The van der Waals surface area contributed by atoms with Gasteiger partial charge in [0.2, 0.25) is 0 Å². The highest BCUT2D eigenvalue weighted by Gasteiger charge is 2.33. The smallest absolute Gasteiger partial charge is 0.315 e. The van der Waals surface area contributed by atoms with Gasteiger partial charge in [0.15, 0.2) is 0 Å². The lowest BCUT2D eigenvalue weighted by Gasteiger charge is -2.40. The van der Waals surface area contributed by atoms with Crippen molar-refractivity contribution in [2.45, 2.75) is 57.4 Å². The molecule has 1 saturated carbocycles. The fraction of sp³-hybridized carbons (Fsp3) is 0.933. The number of hydrogen-bond acceptors (Lipinski definition) is 2. The molecule has 1 aliphatic heterocycles. The third kappa shape index (κ3) is 3.85. The largest absolute Gasteiger partial charge is 0.351 e. The Hall–Kier alpha value is -0.770. The first-order valence-corrected chi connectivity index (χ1v) is 7.93. The van der Waals surface area contributed by atoms with Crippen LogP contribution >= 0.6 is 0 Å². The second-order valence-corrected chi connectivity index (χ2v) is 6.30. The highest BCUT2D eigenvalue weighted by molar-refractivity contribution is 5.72. The Morgan fingerprint density at radius 3 is 2.58 bits per heavy atom. The molecule has 0 spiro atoms. The molecule has 2 rings (SSSR count). The molecule has 4 heteroatoms. The van der Waals surface area contributed by atoms with Crippen LogP contribution in [0.2, 0.25) is 0 Å².